The van der Waals surface area contributed by atoms with Gasteiger partial charge in [0, 0.05) is 11.9 Å². The molecule has 0 aliphatic heterocycles. The summed E-state index contributed by atoms with van der Waals surface area (Å²) in [6, 6.07) is 9.05. The normalized spacial score (nSPS) is 10.2. The molecule has 0 atom stereocenters. The number of amides is 1. The monoisotopic (exact) mass is 373 g/mol. The van der Waals surface area contributed by atoms with E-state index in [0.717, 1.165) is 0 Å². The van der Waals surface area contributed by atoms with E-state index in [1.807, 2.05) is 0 Å². The summed E-state index contributed by atoms with van der Waals surface area (Å²) in [7, 11) is 0. The van der Waals surface area contributed by atoms with Gasteiger partial charge in [0.25, 0.3) is 5.91 Å². The van der Waals surface area contributed by atoms with Crippen LogP contribution < -0.4 is 21.9 Å². The highest BCUT2D eigenvalue weighted by molar-refractivity contribution is 6.31. The van der Waals surface area contributed by atoms with E-state index in [1.165, 1.54) is 30.7 Å². The molecule has 0 bridgehead atoms. The average molecular weight is 374 g/mol. The number of carbonyl (C=O) groups is 1. The molecule has 2 aromatic heterocycles. The number of nitrogens with zero attached hydrogens (tertiary/aromatic N) is 3. The first-order chi connectivity index (χ1) is 12.5. The van der Waals surface area contributed by atoms with Gasteiger partial charge < -0.3 is 11.1 Å². The molecule has 3 rings (SSSR count). The third-order valence-electron chi connectivity index (χ3n) is 3.26. The molecule has 2 heterocycles. The summed E-state index contributed by atoms with van der Waals surface area (Å²) < 4.78 is 13.2. The van der Waals surface area contributed by atoms with Crippen LogP contribution >= 0.6 is 11.6 Å². The number of anilines is 4. The number of nitrogens with two attached hydrogens (primary N) is 1. The summed E-state index contributed by atoms with van der Waals surface area (Å²) in [6.45, 7) is 0. The van der Waals surface area contributed by atoms with Crippen LogP contribution in [0.1, 0.15) is 10.5 Å². The van der Waals surface area contributed by atoms with Crippen molar-refractivity contribution in [1.29, 1.82) is 0 Å². The summed E-state index contributed by atoms with van der Waals surface area (Å²) in [5.74, 6) is -0.548. The van der Waals surface area contributed by atoms with E-state index in [2.05, 4.69) is 31.1 Å². The molecule has 0 saturated heterocycles. The standard InChI is InChI=1S/C16H13ClFN7O/c17-10-7-9(4-5-11(10)18)23-14-13(19)15(22-8-21-14)24-25-16(26)12-3-1-2-6-20-12/h1-8H,19H2,(H,25,26)(H2,21,22,23,24). The molecule has 8 nitrogen and oxygen atoms in total. The molecule has 0 saturated carbocycles. The van der Waals surface area contributed by atoms with Gasteiger partial charge in [0.1, 0.15) is 23.5 Å². The van der Waals surface area contributed by atoms with Gasteiger partial charge in [-0.25, -0.2) is 14.4 Å². The Hall–Kier alpha value is -3.46. The topological polar surface area (TPSA) is 118 Å². The zero-order valence-electron chi connectivity index (χ0n) is 13.2. The number of aromatic nitrogens is 3. The number of pyridine rings is 1. The third kappa shape index (κ3) is 3.95. The van der Waals surface area contributed by atoms with Gasteiger partial charge >= 0.3 is 0 Å². The molecule has 132 valence electrons. The van der Waals surface area contributed by atoms with Crippen LogP contribution in [0, 0.1) is 5.82 Å². The van der Waals surface area contributed by atoms with Crippen LogP contribution in [-0.2, 0) is 0 Å². The Labute approximate surface area is 152 Å². The van der Waals surface area contributed by atoms with Crippen LogP contribution in [0.2, 0.25) is 5.02 Å². The van der Waals surface area contributed by atoms with Gasteiger partial charge in [-0.05, 0) is 30.3 Å². The van der Waals surface area contributed by atoms with Crippen LogP contribution in [0.5, 0.6) is 0 Å². The molecule has 0 spiro atoms. The maximum absolute atomic E-state index is 13.2. The summed E-state index contributed by atoms with van der Waals surface area (Å²) in [4.78, 5) is 23.9. The number of hydrazine groups is 1. The van der Waals surface area contributed by atoms with E-state index in [9.17, 15) is 9.18 Å². The van der Waals surface area contributed by atoms with E-state index in [-0.39, 0.29) is 28.0 Å². The quantitative estimate of drug-likeness (QED) is 0.508. The van der Waals surface area contributed by atoms with E-state index >= 15 is 0 Å². The van der Waals surface area contributed by atoms with Crippen LogP contribution in [0.25, 0.3) is 0 Å². The minimum absolute atomic E-state index is 0.0383. The van der Waals surface area contributed by atoms with Gasteiger partial charge in [-0.2, -0.15) is 0 Å². The zero-order valence-corrected chi connectivity index (χ0v) is 14.0. The van der Waals surface area contributed by atoms with E-state index in [4.69, 9.17) is 17.3 Å². The Morgan fingerprint density at radius 1 is 1.12 bits per heavy atom. The molecule has 0 fully saturated rings. The lowest BCUT2D eigenvalue weighted by Crippen LogP contribution is -2.31. The predicted octanol–water partition coefficient (Wildman–Crippen LogP) is 2.75. The van der Waals surface area contributed by atoms with E-state index in [0.29, 0.717) is 5.69 Å². The molecule has 0 unspecified atom stereocenters. The van der Waals surface area contributed by atoms with Gasteiger partial charge in [0.05, 0.1) is 5.02 Å². The van der Waals surface area contributed by atoms with Crippen molar-refractivity contribution in [2.24, 2.45) is 0 Å². The molecular weight excluding hydrogens is 361 g/mol. The first kappa shape index (κ1) is 17.4. The fourth-order valence-electron chi connectivity index (χ4n) is 1.98. The number of halogens is 2. The number of hydrogen-bond acceptors (Lipinski definition) is 7. The minimum atomic E-state index is -0.535. The third-order valence-corrected chi connectivity index (χ3v) is 3.55. The van der Waals surface area contributed by atoms with Gasteiger partial charge in [-0.3, -0.25) is 20.6 Å². The second kappa shape index (κ2) is 7.62. The highest BCUT2D eigenvalue weighted by Crippen LogP contribution is 2.27. The fraction of sp³-hybridized carbons (Fsp3) is 0. The molecule has 0 radical (unpaired) electrons. The van der Waals surface area contributed by atoms with Gasteiger partial charge in [0.2, 0.25) is 0 Å². The highest BCUT2D eigenvalue weighted by Gasteiger charge is 2.11. The molecular formula is C16H13ClFN7O. The lowest BCUT2D eigenvalue weighted by molar-refractivity contribution is 0.0957. The highest BCUT2D eigenvalue weighted by atomic mass is 35.5. The first-order valence-corrected chi connectivity index (χ1v) is 7.72. The maximum atomic E-state index is 13.2. The van der Waals surface area contributed by atoms with E-state index < -0.39 is 11.7 Å². The van der Waals surface area contributed by atoms with Crippen molar-refractivity contribution in [2.75, 3.05) is 16.5 Å². The zero-order chi connectivity index (χ0) is 18.5. The second-order valence-corrected chi connectivity index (χ2v) is 5.44. The van der Waals surface area contributed by atoms with Crippen LogP contribution in [-0.4, -0.2) is 20.9 Å². The molecule has 0 aliphatic rings. The first-order valence-electron chi connectivity index (χ1n) is 7.34. The van der Waals surface area contributed by atoms with E-state index in [1.54, 1.807) is 18.2 Å². The molecule has 0 aliphatic carbocycles. The Balaban J connectivity index is 1.72. The fourth-order valence-corrected chi connectivity index (χ4v) is 2.16. The summed E-state index contributed by atoms with van der Waals surface area (Å²) in [5, 5.41) is 2.87. The number of nitrogen functional groups attached to an aromatic ring is 1. The largest absolute Gasteiger partial charge is 0.393 e. The number of benzene rings is 1. The van der Waals surface area contributed by atoms with Crippen molar-refractivity contribution in [1.82, 2.24) is 20.4 Å². The van der Waals surface area contributed by atoms with Crippen molar-refractivity contribution in [3.05, 3.63) is 65.5 Å². The van der Waals surface area contributed by atoms with Gasteiger partial charge in [-0.15, -0.1) is 0 Å². The average Bonchev–Trinajstić information content (AvgIpc) is 2.66. The predicted molar refractivity (Wildman–Crippen MR) is 96.5 cm³/mol. The van der Waals surface area contributed by atoms with Crippen molar-refractivity contribution in [2.45, 2.75) is 0 Å². The number of carbonyl (C=O) groups excluding carboxylic acids is 1. The van der Waals surface area contributed by atoms with Crippen molar-refractivity contribution in [3.63, 3.8) is 0 Å². The SMILES string of the molecule is Nc1c(NNC(=O)c2ccccn2)ncnc1Nc1ccc(F)c(Cl)c1. The molecule has 1 aromatic carbocycles. The Bertz CT molecular complexity index is 939. The molecule has 26 heavy (non-hydrogen) atoms. The summed E-state index contributed by atoms with van der Waals surface area (Å²) >= 11 is 5.75. The Morgan fingerprint density at radius 3 is 2.65 bits per heavy atom. The van der Waals surface area contributed by atoms with Gasteiger partial charge in [0.15, 0.2) is 11.6 Å². The minimum Gasteiger partial charge on any atom is -0.393 e. The summed E-state index contributed by atoms with van der Waals surface area (Å²) in [5.41, 5.74) is 11.9. The number of nitrogens with one attached hydrogen (secondary N) is 3. The van der Waals surface area contributed by atoms with Crippen LogP contribution in [0.3, 0.4) is 0 Å². The Kier molecular flexibility index (Phi) is 5.09. The molecule has 1 amide bonds. The van der Waals surface area contributed by atoms with Crippen molar-refractivity contribution < 1.29 is 9.18 Å². The van der Waals surface area contributed by atoms with Crippen LogP contribution in [0.15, 0.2) is 48.9 Å². The smallest absolute Gasteiger partial charge is 0.288 e. The molecule has 3 aromatic rings. The number of hydrogen-bond donors (Lipinski definition) is 4. The molecule has 10 heteroatoms. The second-order valence-electron chi connectivity index (χ2n) is 5.03. The summed E-state index contributed by atoms with van der Waals surface area (Å²) in [6.07, 6.45) is 2.75. The molecule has 5 N–H and O–H groups in total. The Morgan fingerprint density at radius 2 is 1.92 bits per heavy atom. The van der Waals surface area contributed by atoms with Crippen molar-refractivity contribution in [3.8, 4) is 0 Å². The number of rotatable bonds is 5. The van der Waals surface area contributed by atoms with Crippen molar-refractivity contribution >= 4 is 40.5 Å². The lowest BCUT2D eigenvalue weighted by atomic mass is 10.3. The van der Waals surface area contributed by atoms with Gasteiger partial charge in [-0.1, -0.05) is 17.7 Å². The maximum Gasteiger partial charge on any atom is 0.288 e. The lowest BCUT2D eigenvalue weighted by Gasteiger charge is -2.13. The van der Waals surface area contributed by atoms with Crippen LogP contribution in [0.4, 0.5) is 27.4 Å².